The van der Waals surface area contributed by atoms with E-state index in [-0.39, 0.29) is 5.52 Å². The number of carbonyl (C=O) groups excluding carboxylic acids is 1. The average molecular weight is 439 g/mol. The molecule has 1 amide bonds. The van der Waals surface area contributed by atoms with Gasteiger partial charge in [-0.2, -0.15) is 5.10 Å². The molecule has 0 aliphatic carbocycles. The molecule has 0 radical (unpaired) electrons. The lowest BCUT2D eigenvalue weighted by Gasteiger charge is -2.16. The number of anilines is 1. The Morgan fingerprint density at radius 2 is 1.90 bits per heavy atom. The maximum atomic E-state index is 13.0. The Morgan fingerprint density at radius 3 is 2.58 bits per heavy atom. The zero-order valence-electron chi connectivity index (χ0n) is 17.0. The van der Waals surface area contributed by atoms with Gasteiger partial charge in [0.05, 0.1) is 23.2 Å². The maximum absolute atomic E-state index is 13.0. The van der Waals surface area contributed by atoms with Crippen LogP contribution < -0.4 is 15.6 Å². The number of amides is 1. The average Bonchev–Trinajstić information content (AvgIpc) is 3.17. The first kappa shape index (κ1) is 20.6. The smallest absolute Gasteiger partial charge is 0.297 e. The Kier molecular flexibility index (Phi) is 5.48. The van der Waals surface area contributed by atoms with Gasteiger partial charge in [0.25, 0.3) is 5.56 Å². The van der Waals surface area contributed by atoms with Gasteiger partial charge in [-0.15, -0.1) is 0 Å². The van der Waals surface area contributed by atoms with Crippen molar-refractivity contribution in [3.05, 3.63) is 69.7 Å². The van der Waals surface area contributed by atoms with Crippen LogP contribution >= 0.6 is 11.6 Å². The number of methoxy groups -OCH3 is 1. The predicted octanol–water partition coefficient (Wildman–Crippen LogP) is 4.22. The summed E-state index contributed by atoms with van der Waals surface area (Å²) in [6.45, 7) is 3.29. The Morgan fingerprint density at radius 1 is 1.19 bits per heavy atom. The highest BCUT2D eigenvalue weighted by atomic mass is 35.5. The molecule has 1 atom stereocenters. The molecule has 2 aromatic carbocycles. The van der Waals surface area contributed by atoms with Gasteiger partial charge in [-0.3, -0.25) is 9.59 Å². The van der Waals surface area contributed by atoms with Gasteiger partial charge in [-0.25, -0.2) is 4.68 Å². The SMILES string of the molecule is COc1ccc(-c2nn(C(C)C(=O)Nc3ccccc3Cl)c(=O)c3noc(C)c23)cc1. The molecule has 31 heavy (non-hydrogen) atoms. The number of rotatable bonds is 5. The third-order valence-corrected chi connectivity index (χ3v) is 5.29. The van der Waals surface area contributed by atoms with Crippen molar-refractivity contribution in [2.24, 2.45) is 0 Å². The summed E-state index contributed by atoms with van der Waals surface area (Å²) in [4.78, 5) is 25.9. The van der Waals surface area contributed by atoms with Gasteiger partial charge in [0, 0.05) is 5.56 Å². The molecule has 2 aromatic heterocycles. The largest absolute Gasteiger partial charge is 0.497 e. The number of hydrogen-bond acceptors (Lipinski definition) is 6. The first-order valence-corrected chi connectivity index (χ1v) is 9.87. The van der Waals surface area contributed by atoms with Crippen molar-refractivity contribution in [1.29, 1.82) is 0 Å². The number of aromatic nitrogens is 3. The predicted molar refractivity (Wildman–Crippen MR) is 118 cm³/mol. The van der Waals surface area contributed by atoms with Gasteiger partial charge in [-0.05, 0) is 50.2 Å². The Balaban J connectivity index is 1.80. The molecule has 9 heteroatoms. The number of benzene rings is 2. The van der Waals surface area contributed by atoms with Gasteiger partial charge < -0.3 is 14.6 Å². The van der Waals surface area contributed by atoms with Crippen LogP contribution in [-0.4, -0.2) is 28.0 Å². The van der Waals surface area contributed by atoms with Gasteiger partial charge in [0.1, 0.15) is 23.2 Å². The van der Waals surface area contributed by atoms with Crippen LogP contribution in [0.2, 0.25) is 5.02 Å². The summed E-state index contributed by atoms with van der Waals surface area (Å²) in [5, 5.41) is 12.1. The number of carbonyl (C=O) groups is 1. The highest BCUT2D eigenvalue weighted by molar-refractivity contribution is 6.33. The fourth-order valence-electron chi connectivity index (χ4n) is 3.23. The molecule has 4 rings (SSSR count). The van der Waals surface area contributed by atoms with E-state index in [9.17, 15) is 9.59 Å². The van der Waals surface area contributed by atoms with E-state index >= 15 is 0 Å². The number of nitrogens with zero attached hydrogens (tertiary/aromatic N) is 3. The fourth-order valence-corrected chi connectivity index (χ4v) is 3.42. The van der Waals surface area contributed by atoms with Gasteiger partial charge in [0.15, 0.2) is 5.52 Å². The Hall–Kier alpha value is -3.65. The van der Waals surface area contributed by atoms with Crippen molar-refractivity contribution in [2.45, 2.75) is 19.9 Å². The molecule has 0 saturated heterocycles. The van der Waals surface area contributed by atoms with Crippen LogP contribution in [0.15, 0.2) is 57.8 Å². The number of para-hydroxylation sites is 1. The molecule has 0 aliphatic heterocycles. The van der Waals surface area contributed by atoms with Crippen molar-refractivity contribution in [3.63, 3.8) is 0 Å². The third-order valence-electron chi connectivity index (χ3n) is 4.96. The van der Waals surface area contributed by atoms with Crippen molar-refractivity contribution in [2.75, 3.05) is 12.4 Å². The quantitative estimate of drug-likeness (QED) is 0.500. The lowest BCUT2D eigenvalue weighted by molar-refractivity contribution is -0.119. The van der Waals surface area contributed by atoms with Crippen LogP contribution in [0.4, 0.5) is 5.69 Å². The van der Waals surface area contributed by atoms with Gasteiger partial charge in [0.2, 0.25) is 5.91 Å². The van der Waals surface area contributed by atoms with Crippen molar-refractivity contribution in [1.82, 2.24) is 14.9 Å². The highest BCUT2D eigenvalue weighted by Crippen LogP contribution is 2.29. The molecule has 0 bridgehead atoms. The first-order chi connectivity index (χ1) is 14.9. The number of hydrogen-bond donors (Lipinski definition) is 1. The van der Waals surface area contributed by atoms with E-state index in [4.69, 9.17) is 20.9 Å². The standard InChI is InChI=1S/C22H19ClN4O4/c1-12(21(28)24-17-7-5-4-6-16(17)23)27-22(29)20-18(13(2)31-26-20)19(25-27)14-8-10-15(30-3)11-9-14/h4-12H,1-3H3,(H,24,28). The minimum Gasteiger partial charge on any atom is -0.497 e. The molecular formula is C22H19ClN4O4. The van der Waals surface area contributed by atoms with E-state index in [1.165, 1.54) is 0 Å². The van der Waals surface area contributed by atoms with Crippen molar-refractivity contribution < 1.29 is 14.1 Å². The summed E-state index contributed by atoms with van der Waals surface area (Å²) < 4.78 is 11.6. The summed E-state index contributed by atoms with van der Waals surface area (Å²) in [6.07, 6.45) is 0. The molecule has 8 nitrogen and oxygen atoms in total. The van der Waals surface area contributed by atoms with Gasteiger partial charge in [-0.1, -0.05) is 28.9 Å². The second-order valence-electron chi connectivity index (χ2n) is 6.93. The van der Waals surface area contributed by atoms with Crippen LogP contribution in [0.1, 0.15) is 18.7 Å². The molecular weight excluding hydrogens is 420 g/mol. The third kappa shape index (κ3) is 3.77. The van der Waals surface area contributed by atoms with Crippen LogP contribution in [0.3, 0.4) is 0 Å². The highest BCUT2D eigenvalue weighted by Gasteiger charge is 2.24. The summed E-state index contributed by atoms with van der Waals surface area (Å²) in [5.74, 6) is 0.705. The summed E-state index contributed by atoms with van der Waals surface area (Å²) in [7, 11) is 1.58. The molecule has 0 aliphatic rings. The molecule has 158 valence electrons. The minimum absolute atomic E-state index is 0.107. The van der Waals surface area contributed by atoms with Crippen molar-refractivity contribution in [3.8, 4) is 17.0 Å². The molecule has 1 N–H and O–H groups in total. The molecule has 1 unspecified atom stereocenters. The van der Waals surface area contributed by atoms with E-state index in [1.54, 1.807) is 57.4 Å². The number of halogens is 1. The van der Waals surface area contributed by atoms with Crippen molar-refractivity contribution >= 4 is 34.1 Å². The maximum Gasteiger partial charge on any atom is 0.297 e. The number of aryl methyl sites for hydroxylation is 1. The zero-order chi connectivity index (χ0) is 22.1. The lowest BCUT2D eigenvalue weighted by atomic mass is 10.1. The van der Waals surface area contributed by atoms with E-state index in [2.05, 4.69) is 15.6 Å². The van der Waals surface area contributed by atoms with Crippen LogP contribution in [-0.2, 0) is 4.79 Å². The first-order valence-electron chi connectivity index (χ1n) is 9.49. The zero-order valence-corrected chi connectivity index (χ0v) is 17.8. The normalized spacial score (nSPS) is 12.0. The summed E-state index contributed by atoms with van der Waals surface area (Å²) in [6, 6.07) is 13.1. The number of fused-ring (bicyclic) bond motifs is 1. The molecule has 2 heterocycles. The lowest BCUT2D eigenvalue weighted by Crippen LogP contribution is -2.34. The summed E-state index contributed by atoms with van der Waals surface area (Å²) in [5.41, 5.74) is 1.24. The topological polar surface area (TPSA) is 99.2 Å². The Bertz CT molecular complexity index is 1330. The number of nitrogens with one attached hydrogen (secondary N) is 1. The summed E-state index contributed by atoms with van der Waals surface area (Å²) >= 11 is 6.13. The van der Waals surface area contributed by atoms with E-state index in [1.807, 2.05) is 12.1 Å². The Labute approximate surface area is 182 Å². The second kappa shape index (κ2) is 8.23. The van der Waals surface area contributed by atoms with Gasteiger partial charge >= 0.3 is 0 Å². The van der Waals surface area contributed by atoms with Crippen LogP contribution in [0, 0.1) is 6.92 Å². The van der Waals surface area contributed by atoms with E-state index in [0.717, 1.165) is 10.2 Å². The molecule has 4 aromatic rings. The molecule has 0 spiro atoms. The second-order valence-corrected chi connectivity index (χ2v) is 7.34. The molecule has 0 fully saturated rings. The van der Waals surface area contributed by atoms with Crippen LogP contribution in [0.25, 0.3) is 22.2 Å². The minimum atomic E-state index is -0.929. The van der Waals surface area contributed by atoms with E-state index in [0.29, 0.717) is 33.3 Å². The molecule has 0 saturated carbocycles. The monoisotopic (exact) mass is 438 g/mol. The van der Waals surface area contributed by atoms with Crippen LogP contribution in [0.5, 0.6) is 5.75 Å². The number of ether oxygens (including phenoxy) is 1. The fraction of sp³-hybridized carbons (Fsp3) is 0.182. The van der Waals surface area contributed by atoms with E-state index < -0.39 is 17.5 Å².